The van der Waals surface area contributed by atoms with E-state index in [1.165, 1.54) is 0 Å². The fraction of sp³-hybridized carbons (Fsp3) is 0.333. The summed E-state index contributed by atoms with van der Waals surface area (Å²) in [6, 6.07) is 7.54. The van der Waals surface area contributed by atoms with Gasteiger partial charge in [-0.2, -0.15) is 0 Å². The van der Waals surface area contributed by atoms with Crippen LogP contribution in [-0.4, -0.2) is 17.2 Å². The summed E-state index contributed by atoms with van der Waals surface area (Å²) in [7, 11) is -1.18. The molecule has 1 saturated carbocycles. The van der Waals surface area contributed by atoms with Crippen molar-refractivity contribution in [2.24, 2.45) is 0 Å². The topological polar surface area (TPSA) is 40.5 Å². The molecule has 13 heavy (non-hydrogen) atoms. The van der Waals surface area contributed by atoms with Crippen molar-refractivity contribution >= 4 is 18.7 Å². The van der Waals surface area contributed by atoms with E-state index in [0.29, 0.717) is 10.9 Å². The molecule has 0 aromatic heterocycles. The van der Waals surface area contributed by atoms with Gasteiger partial charge in [0.2, 0.25) is 0 Å². The molecule has 0 amide bonds. The normalized spacial score (nSPS) is 25.8. The second-order valence-corrected chi connectivity index (χ2v) is 3.91. The molecular weight excluding hydrogens is 186 g/mol. The van der Waals surface area contributed by atoms with E-state index in [1.54, 1.807) is 0 Å². The van der Waals surface area contributed by atoms with Crippen molar-refractivity contribution in [3.05, 3.63) is 34.9 Å². The molecule has 0 bridgehead atoms. The van der Waals surface area contributed by atoms with Gasteiger partial charge in [-0.3, -0.25) is 0 Å². The van der Waals surface area contributed by atoms with Crippen LogP contribution < -0.4 is 0 Å². The van der Waals surface area contributed by atoms with Gasteiger partial charge >= 0.3 is 7.12 Å². The molecule has 0 aliphatic heterocycles. The predicted molar refractivity (Wildman–Crippen MR) is 52.8 cm³/mol. The zero-order chi connectivity index (χ0) is 9.42. The average molecular weight is 196 g/mol. The minimum absolute atomic E-state index is 0.0150. The lowest BCUT2D eigenvalue weighted by Gasteiger charge is -1.99. The summed E-state index contributed by atoms with van der Waals surface area (Å²) in [6.45, 7) is 0. The third-order valence-electron chi connectivity index (χ3n) is 2.52. The molecule has 1 fully saturated rings. The smallest absolute Gasteiger partial charge is 0.427 e. The third-order valence-corrected chi connectivity index (χ3v) is 2.77. The zero-order valence-electron chi connectivity index (χ0n) is 7.02. The van der Waals surface area contributed by atoms with Crippen molar-refractivity contribution in [3.63, 3.8) is 0 Å². The summed E-state index contributed by atoms with van der Waals surface area (Å²) >= 11 is 5.74. The maximum atomic E-state index is 8.91. The van der Waals surface area contributed by atoms with Crippen molar-refractivity contribution in [2.45, 2.75) is 18.2 Å². The second kappa shape index (κ2) is 3.33. The Bertz CT molecular complexity index is 299. The van der Waals surface area contributed by atoms with Crippen molar-refractivity contribution in [1.29, 1.82) is 0 Å². The van der Waals surface area contributed by atoms with Gasteiger partial charge in [0.15, 0.2) is 0 Å². The molecule has 0 spiro atoms. The number of halogens is 1. The Hall–Kier alpha value is -0.505. The second-order valence-electron chi connectivity index (χ2n) is 3.47. The Morgan fingerprint density at radius 2 is 1.85 bits per heavy atom. The molecule has 1 unspecified atom stereocenters. The van der Waals surface area contributed by atoms with Gasteiger partial charge in [0.25, 0.3) is 0 Å². The van der Waals surface area contributed by atoms with Crippen LogP contribution in [0.5, 0.6) is 0 Å². The summed E-state index contributed by atoms with van der Waals surface area (Å²) in [4.78, 5) is 0. The molecule has 1 aromatic rings. The molecule has 2 atom stereocenters. The van der Waals surface area contributed by atoms with Crippen molar-refractivity contribution < 1.29 is 10.0 Å². The largest absolute Gasteiger partial charge is 0.455 e. The van der Waals surface area contributed by atoms with Crippen LogP contribution in [0.1, 0.15) is 17.9 Å². The summed E-state index contributed by atoms with van der Waals surface area (Å²) in [5, 5.41) is 18.5. The Morgan fingerprint density at radius 1 is 1.23 bits per heavy atom. The van der Waals surface area contributed by atoms with Gasteiger partial charge in [0.1, 0.15) is 0 Å². The molecule has 2 N–H and O–H groups in total. The Balaban J connectivity index is 2.08. The molecule has 68 valence electrons. The van der Waals surface area contributed by atoms with E-state index in [1.807, 2.05) is 24.3 Å². The SMILES string of the molecule is OB(O)[C@@H]1CC1c1ccc(Cl)cc1. The third kappa shape index (κ3) is 1.88. The van der Waals surface area contributed by atoms with E-state index in [-0.39, 0.29) is 5.82 Å². The fourth-order valence-corrected chi connectivity index (χ4v) is 1.76. The number of benzene rings is 1. The first-order valence-electron chi connectivity index (χ1n) is 4.30. The van der Waals surface area contributed by atoms with Gasteiger partial charge in [-0.25, -0.2) is 0 Å². The van der Waals surface area contributed by atoms with Crippen molar-refractivity contribution in [3.8, 4) is 0 Å². The number of rotatable bonds is 2. The average Bonchev–Trinajstić information content (AvgIpc) is 2.85. The maximum Gasteiger partial charge on any atom is 0.455 e. The highest BCUT2D eigenvalue weighted by Gasteiger charge is 2.46. The maximum absolute atomic E-state index is 8.91. The van der Waals surface area contributed by atoms with Gasteiger partial charge in [0.05, 0.1) is 0 Å². The first-order valence-corrected chi connectivity index (χ1v) is 4.68. The predicted octanol–water partition coefficient (Wildman–Crippen LogP) is 1.67. The summed E-state index contributed by atoms with van der Waals surface area (Å²) in [5.41, 5.74) is 1.14. The lowest BCUT2D eigenvalue weighted by Crippen LogP contribution is -2.11. The van der Waals surface area contributed by atoms with Gasteiger partial charge in [-0.15, -0.1) is 0 Å². The minimum Gasteiger partial charge on any atom is -0.427 e. The molecule has 2 nitrogen and oxygen atoms in total. The van der Waals surface area contributed by atoms with E-state index in [2.05, 4.69) is 0 Å². The number of hydrogen-bond donors (Lipinski definition) is 2. The van der Waals surface area contributed by atoms with Crippen LogP contribution in [0.4, 0.5) is 0 Å². The fourth-order valence-electron chi connectivity index (χ4n) is 1.64. The molecule has 2 rings (SSSR count). The van der Waals surface area contributed by atoms with Crippen LogP contribution >= 0.6 is 11.6 Å². The van der Waals surface area contributed by atoms with E-state index < -0.39 is 7.12 Å². The monoisotopic (exact) mass is 196 g/mol. The van der Waals surface area contributed by atoms with Crippen LogP contribution in [0.25, 0.3) is 0 Å². The van der Waals surface area contributed by atoms with Gasteiger partial charge < -0.3 is 10.0 Å². The van der Waals surface area contributed by atoms with Gasteiger partial charge in [-0.1, -0.05) is 23.7 Å². The first-order chi connectivity index (χ1) is 6.18. The quantitative estimate of drug-likeness (QED) is 0.707. The van der Waals surface area contributed by atoms with E-state index in [9.17, 15) is 0 Å². The van der Waals surface area contributed by atoms with Gasteiger partial charge in [-0.05, 0) is 30.0 Å². The van der Waals surface area contributed by atoms with E-state index >= 15 is 0 Å². The molecule has 0 radical (unpaired) electrons. The summed E-state index contributed by atoms with van der Waals surface area (Å²) < 4.78 is 0. The number of hydrogen-bond acceptors (Lipinski definition) is 2. The Morgan fingerprint density at radius 3 is 2.31 bits per heavy atom. The highest BCUT2D eigenvalue weighted by atomic mass is 35.5. The highest BCUT2D eigenvalue weighted by Crippen LogP contribution is 2.53. The lowest BCUT2D eigenvalue weighted by molar-refractivity contribution is 0.402. The molecule has 1 aromatic carbocycles. The molecule has 0 saturated heterocycles. The molecule has 0 heterocycles. The molecule has 1 aliphatic carbocycles. The van der Waals surface area contributed by atoms with Crippen LogP contribution in [0, 0.1) is 0 Å². The van der Waals surface area contributed by atoms with Crippen LogP contribution in [0.3, 0.4) is 0 Å². The van der Waals surface area contributed by atoms with E-state index in [0.717, 1.165) is 12.0 Å². The lowest BCUT2D eigenvalue weighted by atomic mass is 9.81. The first kappa shape index (κ1) is 9.07. The van der Waals surface area contributed by atoms with Crippen LogP contribution in [0.2, 0.25) is 10.8 Å². The molecule has 1 aliphatic rings. The summed E-state index contributed by atoms with van der Waals surface area (Å²) in [5.74, 6) is 0.318. The Labute approximate surface area is 82.3 Å². The van der Waals surface area contributed by atoms with Crippen LogP contribution in [0.15, 0.2) is 24.3 Å². The van der Waals surface area contributed by atoms with Crippen molar-refractivity contribution in [1.82, 2.24) is 0 Å². The highest BCUT2D eigenvalue weighted by molar-refractivity contribution is 6.44. The minimum atomic E-state index is -1.18. The Kier molecular flexibility index (Phi) is 2.32. The molecule has 4 heteroatoms. The van der Waals surface area contributed by atoms with Crippen molar-refractivity contribution in [2.75, 3.05) is 0 Å². The van der Waals surface area contributed by atoms with Gasteiger partial charge in [0, 0.05) is 10.8 Å². The summed E-state index contributed by atoms with van der Waals surface area (Å²) in [6.07, 6.45) is 0.860. The van der Waals surface area contributed by atoms with Crippen LogP contribution in [-0.2, 0) is 0 Å². The zero-order valence-corrected chi connectivity index (χ0v) is 7.78. The van der Waals surface area contributed by atoms with E-state index in [4.69, 9.17) is 21.6 Å². The molecular formula is C9H10BClO2. The standard InChI is InChI=1S/C9H10BClO2/c11-7-3-1-6(2-4-7)8-5-9(8)10(12)13/h1-4,8-9,12-13H,5H2/t8?,9-/m1/s1.